The highest BCUT2D eigenvalue weighted by molar-refractivity contribution is 6.32. The van der Waals surface area contributed by atoms with E-state index in [1.165, 1.54) is 17.7 Å². The molecule has 24 heavy (non-hydrogen) atoms. The second-order valence-corrected chi connectivity index (χ2v) is 6.35. The molecule has 0 aliphatic carbocycles. The number of nitrogens with one attached hydrogen (secondary N) is 1. The number of likely N-dealkylation sites (tertiary alicyclic amines) is 1. The van der Waals surface area contributed by atoms with Gasteiger partial charge in [0.25, 0.3) is 0 Å². The van der Waals surface area contributed by atoms with Crippen LogP contribution >= 0.6 is 11.6 Å². The van der Waals surface area contributed by atoms with Gasteiger partial charge in [0.05, 0.1) is 16.8 Å². The number of nitrogens with zero attached hydrogens (tertiary/aromatic N) is 2. The lowest BCUT2D eigenvalue weighted by Gasteiger charge is -2.31. The van der Waals surface area contributed by atoms with E-state index in [0.717, 1.165) is 32.5 Å². The van der Waals surface area contributed by atoms with Crippen LogP contribution in [0.3, 0.4) is 0 Å². The molecule has 0 amide bonds. The molecule has 0 saturated carbocycles. The summed E-state index contributed by atoms with van der Waals surface area (Å²) in [5.74, 6) is 0.109. The fourth-order valence-electron chi connectivity index (χ4n) is 3.01. The molecule has 2 aromatic rings. The molecule has 3 rings (SSSR count). The summed E-state index contributed by atoms with van der Waals surface area (Å²) in [5, 5.41) is 16.1. The van der Waals surface area contributed by atoms with Crippen LogP contribution in [-0.4, -0.2) is 52.4 Å². The normalized spacial score (nSPS) is 16.2. The van der Waals surface area contributed by atoms with Gasteiger partial charge >= 0.3 is 5.97 Å². The fourth-order valence-corrected chi connectivity index (χ4v) is 3.24. The van der Waals surface area contributed by atoms with Crippen molar-refractivity contribution in [1.29, 1.82) is 0 Å². The van der Waals surface area contributed by atoms with Crippen LogP contribution < -0.4 is 4.74 Å². The Bertz CT molecular complexity index is 682. The Morgan fingerprint density at radius 3 is 2.83 bits per heavy atom. The predicted molar refractivity (Wildman–Crippen MR) is 90.9 cm³/mol. The molecule has 2 N–H and O–H groups in total. The predicted octanol–water partition coefficient (Wildman–Crippen LogP) is 3.02. The maximum atomic E-state index is 10.9. The number of piperidine rings is 1. The summed E-state index contributed by atoms with van der Waals surface area (Å²) >= 11 is 6.06. The number of carboxylic acid groups (broad SMARTS) is 1. The van der Waals surface area contributed by atoms with Crippen molar-refractivity contribution in [2.24, 2.45) is 0 Å². The molecule has 0 bridgehead atoms. The topological polar surface area (TPSA) is 78.5 Å². The fraction of sp³-hybridized carbons (Fsp3) is 0.412. The molecule has 1 aliphatic heterocycles. The van der Waals surface area contributed by atoms with Gasteiger partial charge in [-0.1, -0.05) is 11.6 Å². The number of H-pyrrole nitrogens is 1. The Kier molecular flexibility index (Phi) is 5.37. The molecule has 1 aromatic heterocycles. The Balaban J connectivity index is 1.43. The van der Waals surface area contributed by atoms with Crippen molar-refractivity contribution in [2.45, 2.75) is 18.8 Å². The standard InChI is InChI=1S/C17H20ClN3O3/c18-15-9-13(17(22)23)1-2-16(15)24-8-7-21-5-3-12(4-6-21)14-10-19-20-11-14/h1-2,9-12H,3-8H2,(H,19,20)(H,22,23). The van der Waals surface area contributed by atoms with Gasteiger partial charge in [-0.15, -0.1) is 0 Å². The third kappa shape index (κ3) is 4.07. The molecule has 2 heterocycles. The van der Waals surface area contributed by atoms with E-state index in [2.05, 4.69) is 15.1 Å². The molecule has 1 aliphatic rings. The van der Waals surface area contributed by atoms with E-state index < -0.39 is 5.97 Å². The summed E-state index contributed by atoms with van der Waals surface area (Å²) in [6, 6.07) is 4.52. The monoisotopic (exact) mass is 349 g/mol. The summed E-state index contributed by atoms with van der Waals surface area (Å²) in [6.45, 7) is 3.42. The minimum Gasteiger partial charge on any atom is -0.491 e. The van der Waals surface area contributed by atoms with Gasteiger partial charge in [0.2, 0.25) is 0 Å². The molecular weight excluding hydrogens is 330 g/mol. The average Bonchev–Trinajstić information content (AvgIpc) is 3.11. The first-order chi connectivity index (χ1) is 11.6. The Labute approximate surface area is 145 Å². The minimum absolute atomic E-state index is 0.161. The van der Waals surface area contributed by atoms with Gasteiger partial charge < -0.3 is 9.84 Å². The third-order valence-corrected chi connectivity index (χ3v) is 4.72. The molecule has 0 unspecified atom stereocenters. The van der Waals surface area contributed by atoms with Crippen LogP contribution in [0.15, 0.2) is 30.6 Å². The van der Waals surface area contributed by atoms with Gasteiger partial charge in [0.1, 0.15) is 12.4 Å². The first-order valence-corrected chi connectivity index (χ1v) is 8.38. The van der Waals surface area contributed by atoms with E-state index in [1.54, 1.807) is 6.07 Å². The molecular formula is C17H20ClN3O3. The quantitative estimate of drug-likeness (QED) is 0.838. The van der Waals surface area contributed by atoms with Crippen LogP contribution in [0.25, 0.3) is 0 Å². The molecule has 0 atom stereocenters. The molecule has 1 fully saturated rings. The zero-order valence-corrected chi connectivity index (χ0v) is 14.0. The van der Waals surface area contributed by atoms with Crippen LogP contribution in [0.5, 0.6) is 5.75 Å². The number of aromatic amines is 1. The number of rotatable bonds is 6. The average molecular weight is 350 g/mol. The lowest BCUT2D eigenvalue weighted by molar-refractivity contribution is 0.0697. The van der Waals surface area contributed by atoms with Crippen LogP contribution in [0, 0.1) is 0 Å². The lowest BCUT2D eigenvalue weighted by atomic mass is 9.92. The third-order valence-electron chi connectivity index (χ3n) is 4.42. The largest absolute Gasteiger partial charge is 0.491 e. The van der Waals surface area contributed by atoms with Gasteiger partial charge in [-0.25, -0.2) is 4.79 Å². The molecule has 128 valence electrons. The van der Waals surface area contributed by atoms with Crippen molar-refractivity contribution in [1.82, 2.24) is 15.1 Å². The number of aromatic carboxylic acids is 1. The second-order valence-electron chi connectivity index (χ2n) is 5.95. The van der Waals surface area contributed by atoms with E-state index >= 15 is 0 Å². The van der Waals surface area contributed by atoms with Gasteiger partial charge in [-0.3, -0.25) is 10.00 Å². The number of carboxylic acids is 1. The summed E-state index contributed by atoms with van der Waals surface area (Å²) in [6.07, 6.45) is 6.12. The van der Waals surface area contributed by atoms with E-state index in [1.807, 2.05) is 12.4 Å². The van der Waals surface area contributed by atoms with Crippen LogP contribution in [0.1, 0.15) is 34.7 Å². The van der Waals surface area contributed by atoms with E-state index in [4.69, 9.17) is 21.4 Å². The Hall–Kier alpha value is -2.05. The number of carbonyl (C=O) groups is 1. The van der Waals surface area contributed by atoms with Crippen LogP contribution in [0.2, 0.25) is 5.02 Å². The molecule has 1 saturated heterocycles. The summed E-state index contributed by atoms with van der Waals surface area (Å²) < 4.78 is 5.69. The highest BCUT2D eigenvalue weighted by atomic mass is 35.5. The summed E-state index contributed by atoms with van der Waals surface area (Å²) in [4.78, 5) is 13.3. The van der Waals surface area contributed by atoms with Crippen molar-refractivity contribution < 1.29 is 14.6 Å². The van der Waals surface area contributed by atoms with Gasteiger partial charge in [-0.05, 0) is 55.6 Å². The Morgan fingerprint density at radius 2 is 2.21 bits per heavy atom. The first kappa shape index (κ1) is 16.8. The summed E-state index contributed by atoms with van der Waals surface area (Å²) in [7, 11) is 0. The van der Waals surface area contributed by atoms with Gasteiger partial charge in [0, 0.05) is 12.7 Å². The minimum atomic E-state index is -0.996. The first-order valence-electron chi connectivity index (χ1n) is 8.00. The maximum Gasteiger partial charge on any atom is 0.335 e. The molecule has 0 radical (unpaired) electrons. The van der Waals surface area contributed by atoms with Gasteiger partial charge in [0.15, 0.2) is 0 Å². The lowest BCUT2D eigenvalue weighted by Crippen LogP contribution is -2.35. The number of aromatic nitrogens is 2. The second kappa shape index (κ2) is 7.68. The van der Waals surface area contributed by atoms with E-state index in [-0.39, 0.29) is 5.56 Å². The zero-order chi connectivity index (χ0) is 16.9. The van der Waals surface area contributed by atoms with Crippen LogP contribution in [0.4, 0.5) is 0 Å². The Morgan fingerprint density at radius 1 is 1.42 bits per heavy atom. The number of ether oxygens (including phenoxy) is 1. The number of benzene rings is 1. The van der Waals surface area contributed by atoms with Crippen molar-refractivity contribution in [2.75, 3.05) is 26.2 Å². The van der Waals surface area contributed by atoms with Crippen molar-refractivity contribution in [3.63, 3.8) is 0 Å². The molecule has 6 nitrogen and oxygen atoms in total. The highest BCUT2D eigenvalue weighted by Crippen LogP contribution is 2.28. The SMILES string of the molecule is O=C(O)c1ccc(OCCN2CCC(c3cn[nH]c3)CC2)c(Cl)c1. The molecule has 1 aromatic carbocycles. The summed E-state index contributed by atoms with van der Waals surface area (Å²) in [5.41, 5.74) is 1.45. The van der Waals surface area contributed by atoms with E-state index in [0.29, 0.717) is 23.3 Å². The zero-order valence-electron chi connectivity index (χ0n) is 13.2. The number of hydrogen-bond acceptors (Lipinski definition) is 4. The number of hydrogen-bond donors (Lipinski definition) is 2. The van der Waals surface area contributed by atoms with Crippen molar-refractivity contribution >= 4 is 17.6 Å². The molecule has 0 spiro atoms. The van der Waals surface area contributed by atoms with E-state index in [9.17, 15) is 4.79 Å². The van der Waals surface area contributed by atoms with Crippen molar-refractivity contribution in [3.05, 3.63) is 46.7 Å². The number of halogens is 1. The maximum absolute atomic E-state index is 10.9. The van der Waals surface area contributed by atoms with Crippen molar-refractivity contribution in [3.8, 4) is 5.75 Å². The highest BCUT2D eigenvalue weighted by Gasteiger charge is 2.21. The van der Waals surface area contributed by atoms with Gasteiger partial charge in [-0.2, -0.15) is 5.10 Å². The molecule has 7 heteroatoms. The smallest absolute Gasteiger partial charge is 0.335 e. The van der Waals surface area contributed by atoms with Crippen LogP contribution in [-0.2, 0) is 0 Å².